The minimum Gasteiger partial charge on any atom is -0.383 e. The third-order valence-electron chi connectivity index (χ3n) is 4.78. The number of ketones is 1. The molecule has 30 heavy (non-hydrogen) atoms. The van der Waals surface area contributed by atoms with E-state index in [1.54, 1.807) is 24.7 Å². The van der Waals surface area contributed by atoms with Crippen molar-refractivity contribution in [2.24, 2.45) is 0 Å². The van der Waals surface area contributed by atoms with Crippen LogP contribution in [0.3, 0.4) is 0 Å². The average molecular weight is 438 g/mol. The number of pyridine rings is 2. The van der Waals surface area contributed by atoms with Gasteiger partial charge in [0.05, 0.1) is 23.1 Å². The summed E-state index contributed by atoms with van der Waals surface area (Å²) in [5.74, 6) is 0.596. The Balaban J connectivity index is 1.35. The summed E-state index contributed by atoms with van der Waals surface area (Å²) in [6.45, 7) is 0.848. The van der Waals surface area contributed by atoms with Gasteiger partial charge in [-0.15, -0.1) is 11.3 Å². The van der Waals surface area contributed by atoms with Crippen LogP contribution in [0.15, 0.2) is 61.1 Å². The van der Waals surface area contributed by atoms with Crippen LogP contribution in [-0.4, -0.2) is 15.8 Å². The normalized spacial score (nSPS) is 11.1. The van der Waals surface area contributed by atoms with Crippen LogP contribution in [0.4, 0.5) is 5.82 Å². The van der Waals surface area contributed by atoms with Crippen molar-refractivity contribution >= 4 is 45.3 Å². The summed E-state index contributed by atoms with van der Waals surface area (Å²) in [4.78, 5) is 22.3. The SMILES string of the molecule is Nc1nccc2cc(CCC(=O)c3cc(Cl)c(COCc4ccncc4)s3)ccc12. The highest BCUT2D eigenvalue weighted by Gasteiger charge is 2.14. The van der Waals surface area contributed by atoms with E-state index in [-0.39, 0.29) is 5.78 Å². The maximum atomic E-state index is 12.7. The number of carbonyl (C=O) groups excluding carboxylic acids is 1. The van der Waals surface area contributed by atoms with Gasteiger partial charge in [-0.2, -0.15) is 0 Å². The molecular formula is C23H20ClN3O2S. The lowest BCUT2D eigenvalue weighted by molar-refractivity contribution is 0.0986. The van der Waals surface area contributed by atoms with Crippen LogP contribution in [-0.2, 0) is 24.4 Å². The van der Waals surface area contributed by atoms with Gasteiger partial charge in [0, 0.05) is 35.3 Å². The summed E-state index contributed by atoms with van der Waals surface area (Å²) in [6, 6.07) is 13.5. The molecular weight excluding hydrogens is 418 g/mol. The quantitative estimate of drug-likeness (QED) is 0.370. The maximum Gasteiger partial charge on any atom is 0.173 e. The third-order valence-corrected chi connectivity index (χ3v) is 6.38. The fourth-order valence-electron chi connectivity index (χ4n) is 3.17. The monoisotopic (exact) mass is 437 g/mol. The molecule has 0 atom stereocenters. The van der Waals surface area contributed by atoms with Crippen molar-refractivity contribution in [3.05, 3.63) is 87.0 Å². The van der Waals surface area contributed by atoms with Crippen molar-refractivity contribution in [1.29, 1.82) is 0 Å². The average Bonchev–Trinajstić information content (AvgIpc) is 3.13. The van der Waals surface area contributed by atoms with Crippen molar-refractivity contribution < 1.29 is 9.53 Å². The molecule has 0 aliphatic heterocycles. The molecule has 0 saturated carbocycles. The molecule has 5 nitrogen and oxygen atoms in total. The summed E-state index contributed by atoms with van der Waals surface area (Å²) in [5, 5.41) is 2.53. The minimum absolute atomic E-state index is 0.0802. The lowest BCUT2D eigenvalue weighted by atomic mass is 10.0. The van der Waals surface area contributed by atoms with E-state index in [0.717, 1.165) is 26.8 Å². The largest absolute Gasteiger partial charge is 0.383 e. The lowest BCUT2D eigenvalue weighted by Crippen LogP contribution is -1.99. The Kier molecular flexibility index (Phi) is 6.38. The van der Waals surface area contributed by atoms with E-state index in [0.29, 0.717) is 41.8 Å². The summed E-state index contributed by atoms with van der Waals surface area (Å²) >= 11 is 7.72. The number of hydrogen-bond donors (Lipinski definition) is 1. The molecule has 7 heteroatoms. The van der Waals surface area contributed by atoms with Crippen LogP contribution in [0.1, 0.15) is 32.1 Å². The van der Waals surface area contributed by atoms with Crippen LogP contribution in [0.5, 0.6) is 0 Å². The first kappa shape index (κ1) is 20.5. The molecule has 0 aliphatic rings. The molecule has 2 N–H and O–H groups in total. The highest BCUT2D eigenvalue weighted by molar-refractivity contribution is 7.14. The number of rotatable bonds is 8. The highest BCUT2D eigenvalue weighted by atomic mass is 35.5. The molecule has 0 unspecified atom stereocenters. The number of Topliss-reactive ketones (excluding diaryl/α,β-unsaturated/α-hetero) is 1. The van der Waals surface area contributed by atoms with E-state index in [9.17, 15) is 4.79 Å². The fourth-order valence-corrected chi connectivity index (χ4v) is 4.47. The number of carbonyl (C=O) groups is 1. The standard InChI is InChI=1S/C23H20ClN3O2S/c24-19-12-21(30-22(19)14-29-13-16-5-8-26-9-6-16)20(28)4-2-15-1-3-18-17(11-15)7-10-27-23(18)25/h1,3,5-12H,2,4,13-14H2,(H2,25,27). The van der Waals surface area contributed by atoms with Crippen molar-refractivity contribution in [3.8, 4) is 0 Å². The second-order valence-electron chi connectivity index (χ2n) is 6.90. The number of anilines is 1. The van der Waals surface area contributed by atoms with E-state index in [2.05, 4.69) is 16.0 Å². The van der Waals surface area contributed by atoms with Crippen LogP contribution in [0.25, 0.3) is 10.8 Å². The molecule has 4 aromatic rings. The Bertz CT molecular complexity index is 1180. The first-order valence-corrected chi connectivity index (χ1v) is 10.7. The van der Waals surface area contributed by atoms with Gasteiger partial charge in [-0.3, -0.25) is 9.78 Å². The van der Waals surface area contributed by atoms with Crippen LogP contribution in [0.2, 0.25) is 5.02 Å². The number of nitrogens with two attached hydrogens (primary N) is 1. The number of halogens is 1. The fraction of sp³-hybridized carbons (Fsp3) is 0.174. The zero-order valence-corrected chi connectivity index (χ0v) is 17.7. The third kappa shape index (κ3) is 4.84. The molecule has 0 saturated heterocycles. The Morgan fingerprint density at radius 3 is 2.70 bits per heavy atom. The first-order valence-electron chi connectivity index (χ1n) is 9.51. The van der Waals surface area contributed by atoms with E-state index in [4.69, 9.17) is 22.1 Å². The van der Waals surface area contributed by atoms with Crippen LogP contribution in [0, 0.1) is 0 Å². The van der Waals surface area contributed by atoms with Crippen LogP contribution >= 0.6 is 22.9 Å². The second-order valence-corrected chi connectivity index (χ2v) is 8.45. The van der Waals surface area contributed by atoms with Gasteiger partial charge < -0.3 is 10.5 Å². The topological polar surface area (TPSA) is 78.1 Å². The minimum atomic E-state index is 0.0802. The number of nitrogen functional groups attached to an aromatic ring is 1. The zero-order valence-electron chi connectivity index (χ0n) is 16.2. The Morgan fingerprint density at radius 1 is 1.03 bits per heavy atom. The number of benzene rings is 1. The lowest BCUT2D eigenvalue weighted by Gasteiger charge is -2.05. The number of thiophene rings is 1. The van der Waals surface area contributed by atoms with E-state index in [1.165, 1.54) is 11.3 Å². The van der Waals surface area contributed by atoms with Crippen LogP contribution < -0.4 is 5.73 Å². The molecule has 0 amide bonds. The molecule has 0 fully saturated rings. The number of fused-ring (bicyclic) bond motifs is 1. The molecule has 3 heterocycles. The summed E-state index contributed by atoms with van der Waals surface area (Å²) in [6.07, 6.45) is 6.23. The molecule has 0 aliphatic carbocycles. The summed E-state index contributed by atoms with van der Waals surface area (Å²) in [7, 11) is 0. The van der Waals surface area contributed by atoms with Crippen molar-refractivity contribution in [2.45, 2.75) is 26.1 Å². The van der Waals surface area contributed by atoms with Crippen molar-refractivity contribution in [2.75, 3.05) is 5.73 Å². The smallest absolute Gasteiger partial charge is 0.173 e. The Morgan fingerprint density at radius 2 is 1.87 bits per heavy atom. The maximum absolute atomic E-state index is 12.7. The van der Waals surface area contributed by atoms with Gasteiger partial charge >= 0.3 is 0 Å². The van der Waals surface area contributed by atoms with Gasteiger partial charge in [-0.25, -0.2) is 4.98 Å². The molecule has 3 aromatic heterocycles. The van der Waals surface area contributed by atoms with E-state index < -0.39 is 0 Å². The van der Waals surface area contributed by atoms with Gasteiger partial charge in [-0.1, -0.05) is 29.8 Å². The molecule has 152 valence electrons. The van der Waals surface area contributed by atoms with Gasteiger partial charge in [0.1, 0.15) is 5.82 Å². The summed E-state index contributed by atoms with van der Waals surface area (Å²) in [5.41, 5.74) is 8.03. The van der Waals surface area contributed by atoms with E-state index >= 15 is 0 Å². The van der Waals surface area contributed by atoms with Crippen molar-refractivity contribution in [3.63, 3.8) is 0 Å². The Hall–Kier alpha value is -2.80. The highest BCUT2D eigenvalue weighted by Crippen LogP contribution is 2.29. The molecule has 0 spiro atoms. The summed E-state index contributed by atoms with van der Waals surface area (Å²) < 4.78 is 5.73. The van der Waals surface area contributed by atoms with Gasteiger partial charge in [0.2, 0.25) is 0 Å². The molecule has 0 radical (unpaired) electrons. The second kappa shape index (κ2) is 9.34. The number of hydrogen-bond acceptors (Lipinski definition) is 6. The molecule has 1 aromatic carbocycles. The molecule has 4 rings (SSSR count). The number of aromatic nitrogens is 2. The number of aryl methyl sites for hydroxylation is 1. The van der Waals surface area contributed by atoms with Gasteiger partial charge in [0.15, 0.2) is 5.78 Å². The number of ether oxygens (including phenoxy) is 1. The first-order chi connectivity index (χ1) is 14.6. The predicted octanol–water partition coefficient (Wildman–Crippen LogP) is 5.46. The van der Waals surface area contributed by atoms with Gasteiger partial charge in [-0.05, 0) is 47.2 Å². The van der Waals surface area contributed by atoms with Crippen molar-refractivity contribution in [1.82, 2.24) is 9.97 Å². The molecule has 0 bridgehead atoms. The number of nitrogens with zero attached hydrogens (tertiary/aromatic N) is 2. The van der Waals surface area contributed by atoms with Gasteiger partial charge in [0.25, 0.3) is 0 Å². The zero-order chi connectivity index (χ0) is 20.9. The Labute approximate surface area is 183 Å². The predicted molar refractivity (Wildman–Crippen MR) is 121 cm³/mol. The van der Waals surface area contributed by atoms with E-state index in [1.807, 2.05) is 30.3 Å².